The Bertz CT molecular complexity index is 209. The number of hydrogen-bond donors (Lipinski definition) is 1. The van der Waals surface area contributed by atoms with Gasteiger partial charge >= 0.3 is 11.6 Å². The number of alkyl halides is 3. The second-order valence-electron chi connectivity index (χ2n) is 2.70. The monoisotopic (exact) mass is 215 g/mol. The molecule has 1 amide bonds. The third kappa shape index (κ3) is 3.33. The summed E-state index contributed by atoms with van der Waals surface area (Å²) in [5.74, 6) is 0. The number of hydrogen-bond acceptors (Lipinski definition) is 2. The van der Waals surface area contributed by atoms with Crippen LogP contribution in [-0.4, -0.2) is 39.9 Å². The minimum Gasteiger partial charge on any atom is -0.465 e. The molecule has 13 heavy (non-hydrogen) atoms. The van der Waals surface area contributed by atoms with E-state index in [9.17, 15) is 18.0 Å². The Kier molecular flexibility index (Phi) is 2.94. The molecule has 0 radical (unpaired) electrons. The molecule has 1 aliphatic rings. The van der Waals surface area contributed by atoms with Gasteiger partial charge in [-0.1, -0.05) is 0 Å². The fraction of sp³-hybridized carbons (Fsp3) is 0.833. The zero-order valence-corrected chi connectivity index (χ0v) is 7.36. The second-order valence-corrected chi connectivity index (χ2v) is 4.07. The fourth-order valence-electron chi connectivity index (χ4n) is 1.19. The van der Waals surface area contributed by atoms with Gasteiger partial charge in [-0.2, -0.15) is 13.2 Å². The van der Waals surface area contributed by atoms with Crippen LogP contribution in [0, 0.1) is 0 Å². The number of amides is 1. The summed E-state index contributed by atoms with van der Waals surface area (Å²) in [6.45, 7) is 0.169. The number of rotatable bonds is 1. The quantitative estimate of drug-likeness (QED) is 0.727. The van der Waals surface area contributed by atoms with Gasteiger partial charge in [0.05, 0.1) is 0 Å². The van der Waals surface area contributed by atoms with Crippen LogP contribution in [-0.2, 0) is 0 Å². The molecule has 0 spiro atoms. The van der Waals surface area contributed by atoms with Crippen LogP contribution in [0.5, 0.6) is 0 Å². The van der Waals surface area contributed by atoms with E-state index in [0.29, 0.717) is 0 Å². The molecule has 0 aliphatic carbocycles. The van der Waals surface area contributed by atoms with Crippen molar-refractivity contribution in [3.8, 4) is 0 Å². The number of carbonyl (C=O) groups is 1. The van der Waals surface area contributed by atoms with Crippen molar-refractivity contribution >= 4 is 17.9 Å². The first-order valence-corrected chi connectivity index (χ1v) is 4.49. The highest BCUT2D eigenvalue weighted by molar-refractivity contribution is 8.00. The molecule has 1 rings (SSSR count). The maximum atomic E-state index is 11.8. The molecule has 0 saturated carbocycles. The Hall–Kier alpha value is -0.590. The number of halogens is 3. The van der Waals surface area contributed by atoms with E-state index in [1.807, 2.05) is 0 Å². The van der Waals surface area contributed by atoms with E-state index >= 15 is 0 Å². The minimum absolute atomic E-state index is 0.0283. The molecule has 1 saturated heterocycles. The predicted octanol–water partition coefficient (Wildman–Crippen LogP) is 1.99. The Balaban J connectivity index is 2.38. The van der Waals surface area contributed by atoms with Crippen molar-refractivity contribution in [3.63, 3.8) is 0 Å². The molecule has 0 aromatic carbocycles. The van der Waals surface area contributed by atoms with Crippen LogP contribution in [0.4, 0.5) is 18.0 Å². The van der Waals surface area contributed by atoms with Gasteiger partial charge in [0.1, 0.15) is 0 Å². The molecule has 0 bridgehead atoms. The van der Waals surface area contributed by atoms with Crippen molar-refractivity contribution in [2.75, 3.05) is 13.1 Å². The summed E-state index contributed by atoms with van der Waals surface area (Å²) in [6, 6.07) is 0. The van der Waals surface area contributed by atoms with E-state index in [4.69, 9.17) is 5.11 Å². The van der Waals surface area contributed by atoms with Crippen molar-refractivity contribution in [3.05, 3.63) is 0 Å². The van der Waals surface area contributed by atoms with Gasteiger partial charge in [0.2, 0.25) is 0 Å². The molecule has 1 heterocycles. The summed E-state index contributed by atoms with van der Waals surface area (Å²) in [5.41, 5.74) is -4.26. The van der Waals surface area contributed by atoms with E-state index in [2.05, 4.69) is 0 Å². The highest BCUT2D eigenvalue weighted by Crippen LogP contribution is 2.37. The highest BCUT2D eigenvalue weighted by Gasteiger charge is 2.37. The first-order valence-electron chi connectivity index (χ1n) is 3.61. The Morgan fingerprint density at radius 1 is 1.54 bits per heavy atom. The molecule has 76 valence electrons. The smallest absolute Gasteiger partial charge is 0.442 e. The van der Waals surface area contributed by atoms with Crippen molar-refractivity contribution in [2.45, 2.75) is 17.2 Å². The molecule has 1 N–H and O–H groups in total. The summed E-state index contributed by atoms with van der Waals surface area (Å²) < 4.78 is 35.5. The third-order valence-corrected chi connectivity index (χ3v) is 2.70. The van der Waals surface area contributed by atoms with Crippen molar-refractivity contribution in [1.82, 2.24) is 4.90 Å². The van der Waals surface area contributed by atoms with Crippen molar-refractivity contribution in [1.29, 1.82) is 0 Å². The summed E-state index contributed by atoms with van der Waals surface area (Å²) in [6.07, 6.45) is -0.874. The van der Waals surface area contributed by atoms with Gasteiger partial charge in [0.25, 0.3) is 0 Å². The van der Waals surface area contributed by atoms with Crippen LogP contribution >= 0.6 is 11.8 Å². The minimum atomic E-state index is -4.26. The summed E-state index contributed by atoms with van der Waals surface area (Å²) in [7, 11) is 0. The largest absolute Gasteiger partial charge is 0.465 e. The van der Waals surface area contributed by atoms with Gasteiger partial charge in [0, 0.05) is 18.3 Å². The molecule has 1 fully saturated rings. The lowest BCUT2D eigenvalue weighted by molar-refractivity contribution is -0.0333. The molecule has 0 unspecified atom stereocenters. The van der Waals surface area contributed by atoms with Gasteiger partial charge in [-0.05, 0) is 18.2 Å². The zero-order chi connectivity index (χ0) is 10.1. The van der Waals surface area contributed by atoms with Crippen LogP contribution in [0.15, 0.2) is 0 Å². The predicted molar refractivity (Wildman–Crippen MR) is 41.6 cm³/mol. The summed E-state index contributed by atoms with van der Waals surface area (Å²) in [5, 5.41) is 7.82. The van der Waals surface area contributed by atoms with Gasteiger partial charge in [-0.3, -0.25) is 0 Å². The van der Waals surface area contributed by atoms with Crippen LogP contribution in [0.25, 0.3) is 0 Å². The lowest BCUT2D eigenvalue weighted by Gasteiger charge is -2.13. The van der Waals surface area contributed by atoms with Gasteiger partial charge in [0.15, 0.2) is 0 Å². The van der Waals surface area contributed by atoms with E-state index < -0.39 is 16.9 Å². The van der Waals surface area contributed by atoms with Crippen LogP contribution in [0.1, 0.15) is 6.42 Å². The van der Waals surface area contributed by atoms with Crippen LogP contribution < -0.4 is 0 Å². The lowest BCUT2D eigenvalue weighted by Crippen LogP contribution is -2.27. The molecular formula is C6H8F3NO2S. The van der Waals surface area contributed by atoms with E-state index in [-0.39, 0.29) is 31.3 Å². The molecule has 1 atom stereocenters. The van der Waals surface area contributed by atoms with Gasteiger partial charge in [-0.25, -0.2) is 4.79 Å². The topological polar surface area (TPSA) is 40.5 Å². The molecule has 3 nitrogen and oxygen atoms in total. The standard InChI is InChI=1S/C6H8F3NO2S/c7-6(8,9)13-4-1-2-10(3-4)5(11)12/h4H,1-3H2,(H,11,12)/t4-/m0/s1. The molecule has 7 heteroatoms. The van der Waals surface area contributed by atoms with Gasteiger partial charge < -0.3 is 10.0 Å². The van der Waals surface area contributed by atoms with Crippen LogP contribution in [0.3, 0.4) is 0 Å². The zero-order valence-electron chi connectivity index (χ0n) is 6.54. The highest BCUT2D eigenvalue weighted by atomic mass is 32.2. The average Bonchev–Trinajstić information content (AvgIpc) is 2.31. The van der Waals surface area contributed by atoms with Crippen molar-refractivity contribution < 1.29 is 23.1 Å². The Morgan fingerprint density at radius 3 is 2.54 bits per heavy atom. The maximum absolute atomic E-state index is 11.8. The SMILES string of the molecule is O=C(O)N1CC[C@H](SC(F)(F)F)C1. The third-order valence-electron chi connectivity index (χ3n) is 1.72. The van der Waals surface area contributed by atoms with Crippen LogP contribution in [0.2, 0.25) is 0 Å². The maximum Gasteiger partial charge on any atom is 0.442 e. The Labute approximate surface area is 76.9 Å². The number of thioether (sulfide) groups is 1. The Morgan fingerprint density at radius 2 is 2.15 bits per heavy atom. The molecule has 1 aliphatic heterocycles. The molecular weight excluding hydrogens is 207 g/mol. The van der Waals surface area contributed by atoms with Crippen molar-refractivity contribution in [2.24, 2.45) is 0 Å². The average molecular weight is 215 g/mol. The van der Waals surface area contributed by atoms with E-state index in [1.54, 1.807) is 0 Å². The summed E-state index contributed by atoms with van der Waals surface area (Å²) in [4.78, 5) is 11.4. The fourth-order valence-corrected chi connectivity index (χ4v) is 2.04. The normalized spacial score (nSPS) is 23.6. The number of nitrogens with zero attached hydrogens (tertiary/aromatic N) is 1. The number of likely N-dealkylation sites (tertiary alicyclic amines) is 1. The summed E-state index contributed by atoms with van der Waals surface area (Å²) >= 11 is -0.119. The molecule has 0 aromatic rings. The molecule has 0 aromatic heterocycles. The lowest BCUT2D eigenvalue weighted by atomic mass is 10.4. The van der Waals surface area contributed by atoms with E-state index in [0.717, 1.165) is 4.90 Å². The first-order chi connectivity index (χ1) is 5.88. The number of carboxylic acid groups (broad SMARTS) is 1. The van der Waals surface area contributed by atoms with E-state index in [1.165, 1.54) is 0 Å². The van der Waals surface area contributed by atoms with Gasteiger partial charge in [-0.15, -0.1) is 0 Å². The first kappa shape index (κ1) is 10.5. The second kappa shape index (κ2) is 3.65.